The van der Waals surface area contributed by atoms with Crippen LogP contribution in [0.5, 0.6) is 0 Å². The van der Waals surface area contributed by atoms with E-state index in [1.165, 1.54) is 12.1 Å². The van der Waals surface area contributed by atoms with Crippen LogP contribution in [0.25, 0.3) is 10.7 Å². The molecule has 4 nitrogen and oxygen atoms in total. The molecule has 1 aliphatic heterocycles. The molecule has 3 heterocycles. The number of alkyl halides is 3. The SMILES string of the molecule is Cn1c(SCCCN2CCC3(C[C@@H]3c3ccc(C(F)(F)F)cc3)C2)nnc1-c1cccs1. The molecule has 1 aromatic carbocycles. The van der Waals surface area contributed by atoms with Gasteiger partial charge in [-0.05, 0) is 72.8 Å². The van der Waals surface area contributed by atoms with Gasteiger partial charge in [0.25, 0.3) is 0 Å². The van der Waals surface area contributed by atoms with Crippen LogP contribution in [0.4, 0.5) is 13.2 Å². The fourth-order valence-electron chi connectivity index (χ4n) is 4.86. The zero-order chi connectivity index (χ0) is 22.3. The monoisotopic (exact) mass is 478 g/mol. The quantitative estimate of drug-likeness (QED) is 0.312. The van der Waals surface area contributed by atoms with Gasteiger partial charge < -0.3 is 9.47 Å². The van der Waals surface area contributed by atoms with E-state index in [2.05, 4.69) is 25.7 Å². The molecule has 1 spiro atoms. The molecule has 170 valence electrons. The third kappa shape index (κ3) is 4.34. The fraction of sp³-hybridized carbons (Fsp3) is 0.478. The Bertz CT molecular complexity index is 1060. The molecule has 1 saturated heterocycles. The number of aromatic nitrogens is 3. The first-order chi connectivity index (χ1) is 15.4. The second kappa shape index (κ2) is 8.50. The van der Waals surface area contributed by atoms with Gasteiger partial charge in [-0.25, -0.2) is 0 Å². The minimum Gasteiger partial charge on any atom is -0.305 e. The second-order valence-electron chi connectivity index (χ2n) is 8.81. The highest BCUT2D eigenvalue weighted by Gasteiger charge is 2.57. The Morgan fingerprint density at radius 1 is 1.19 bits per heavy atom. The van der Waals surface area contributed by atoms with Gasteiger partial charge in [0.2, 0.25) is 0 Å². The minimum absolute atomic E-state index is 0.270. The van der Waals surface area contributed by atoms with Crippen LogP contribution < -0.4 is 0 Å². The number of hydrogen-bond donors (Lipinski definition) is 0. The Labute approximate surface area is 193 Å². The summed E-state index contributed by atoms with van der Waals surface area (Å²) < 4.78 is 40.5. The lowest BCUT2D eigenvalue weighted by Crippen LogP contribution is -2.23. The van der Waals surface area contributed by atoms with Crippen LogP contribution in [-0.2, 0) is 13.2 Å². The van der Waals surface area contributed by atoms with Crippen molar-refractivity contribution in [3.8, 4) is 10.7 Å². The molecule has 1 unspecified atom stereocenters. The summed E-state index contributed by atoms with van der Waals surface area (Å²) in [5.74, 6) is 2.30. The number of thiophene rings is 1. The van der Waals surface area contributed by atoms with E-state index < -0.39 is 11.7 Å². The average molecular weight is 479 g/mol. The molecule has 0 bridgehead atoms. The van der Waals surface area contributed by atoms with Gasteiger partial charge in [0.05, 0.1) is 10.4 Å². The van der Waals surface area contributed by atoms with Crippen molar-refractivity contribution in [2.24, 2.45) is 12.5 Å². The smallest absolute Gasteiger partial charge is 0.305 e. The van der Waals surface area contributed by atoms with Crippen molar-refractivity contribution in [3.05, 3.63) is 52.9 Å². The van der Waals surface area contributed by atoms with Crippen LogP contribution in [-0.4, -0.2) is 45.1 Å². The first-order valence-corrected chi connectivity index (χ1v) is 12.7. The Morgan fingerprint density at radius 2 is 2.00 bits per heavy atom. The number of rotatable bonds is 7. The molecule has 1 aliphatic carbocycles. The largest absolute Gasteiger partial charge is 0.416 e. The molecule has 0 radical (unpaired) electrons. The highest BCUT2D eigenvalue weighted by Crippen LogP contribution is 2.64. The van der Waals surface area contributed by atoms with Gasteiger partial charge in [-0.1, -0.05) is 30.0 Å². The van der Waals surface area contributed by atoms with E-state index in [1.807, 2.05) is 18.5 Å². The van der Waals surface area contributed by atoms with E-state index in [0.29, 0.717) is 5.92 Å². The zero-order valence-electron chi connectivity index (χ0n) is 17.8. The number of nitrogens with zero attached hydrogens (tertiary/aromatic N) is 4. The molecule has 2 aromatic heterocycles. The molecular weight excluding hydrogens is 453 g/mol. The molecule has 2 fully saturated rings. The predicted octanol–water partition coefficient (Wildman–Crippen LogP) is 5.92. The first kappa shape index (κ1) is 22.0. The van der Waals surface area contributed by atoms with Crippen molar-refractivity contribution >= 4 is 23.1 Å². The normalized spacial score (nSPS) is 23.3. The number of likely N-dealkylation sites (tertiary alicyclic amines) is 1. The lowest BCUT2D eigenvalue weighted by molar-refractivity contribution is -0.137. The van der Waals surface area contributed by atoms with Gasteiger partial charge in [0.15, 0.2) is 11.0 Å². The number of thioether (sulfide) groups is 1. The molecule has 0 N–H and O–H groups in total. The highest BCUT2D eigenvalue weighted by molar-refractivity contribution is 7.99. The average Bonchev–Trinajstić information content (AvgIpc) is 3.16. The summed E-state index contributed by atoms with van der Waals surface area (Å²) >= 11 is 3.41. The minimum atomic E-state index is -4.27. The van der Waals surface area contributed by atoms with E-state index in [1.54, 1.807) is 35.2 Å². The van der Waals surface area contributed by atoms with Crippen molar-refractivity contribution in [1.29, 1.82) is 0 Å². The summed E-state index contributed by atoms with van der Waals surface area (Å²) in [7, 11) is 2.01. The van der Waals surface area contributed by atoms with Gasteiger partial charge in [0.1, 0.15) is 0 Å². The van der Waals surface area contributed by atoms with Gasteiger partial charge in [-0.3, -0.25) is 0 Å². The molecule has 0 amide bonds. The van der Waals surface area contributed by atoms with Crippen LogP contribution in [0.2, 0.25) is 0 Å². The van der Waals surface area contributed by atoms with Crippen LogP contribution in [0.15, 0.2) is 46.9 Å². The number of benzene rings is 1. The molecule has 32 heavy (non-hydrogen) atoms. The van der Waals surface area contributed by atoms with Gasteiger partial charge in [-0.2, -0.15) is 13.2 Å². The van der Waals surface area contributed by atoms with E-state index >= 15 is 0 Å². The van der Waals surface area contributed by atoms with Crippen LogP contribution >= 0.6 is 23.1 Å². The van der Waals surface area contributed by atoms with Gasteiger partial charge in [0, 0.05) is 19.3 Å². The van der Waals surface area contributed by atoms with Crippen molar-refractivity contribution in [2.45, 2.75) is 36.5 Å². The Kier molecular flexibility index (Phi) is 5.84. The van der Waals surface area contributed by atoms with E-state index in [0.717, 1.165) is 66.1 Å². The summed E-state index contributed by atoms with van der Waals surface area (Å²) in [5, 5.41) is 11.6. The zero-order valence-corrected chi connectivity index (χ0v) is 19.4. The highest BCUT2D eigenvalue weighted by atomic mass is 32.2. The lowest BCUT2D eigenvalue weighted by atomic mass is 9.97. The summed E-state index contributed by atoms with van der Waals surface area (Å²) in [6.07, 6.45) is -0.960. The van der Waals surface area contributed by atoms with Gasteiger partial charge >= 0.3 is 6.18 Å². The van der Waals surface area contributed by atoms with E-state index in [9.17, 15) is 13.2 Å². The summed E-state index contributed by atoms with van der Waals surface area (Å²) in [6, 6.07) is 9.87. The Balaban J connectivity index is 1.08. The molecule has 1 saturated carbocycles. The van der Waals surface area contributed by atoms with Crippen molar-refractivity contribution < 1.29 is 13.2 Å². The topological polar surface area (TPSA) is 34.0 Å². The van der Waals surface area contributed by atoms with Gasteiger partial charge in [-0.15, -0.1) is 21.5 Å². The number of halogens is 3. The predicted molar refractivity (Wildman–Crippen MR) is 122 cm³/mol. The molecule has 5 rings (SSSR count). The lowest BCUT2D eigenvalue weighted by Gasteiger charge is -2.16. The van der Waals surface area contributed by atoms with Crippen LogP contribution in [0, 0.1) is 5.41 Å². The molecule has 9 heteroatoms. The maximum Gasteiger partial charge on any atom is 0.416 e. The van der Waals surface area contributed by atoms with E-state index in [-0.39, 0.29) is 5.41 Å². The molecule has 2 aliphatic rings. The fourth-order valence-corrected chi connectivity index (χ4v) is 6.44. The standard InChI is InChI=1S/C23H25F3N4S2/c1-29-20(19-4-2-12-31-19)27-28-21(29)32-13-3-10-30-11-9-22(15-30)14-18(22)16-5-7-17(8-6-16)23(24,25)26/h2,4-8,12,18H,3,9-11,13-15H2,1H3/t18-,22?/m1/s1. The second-order valence-corrected chi connectivity index (χ2v) is 10.8. The van der Waals surface area contributed by atoms with Crippen molar-refractivity contribution in [1.82, 2.24) is 19.7 Å². The molecular formula is C23H25F3N4S2. The summed E-state index contributed by atoms with van der Waals surface area (Å²) in [6.45, 7) is 3.17. The third-order valence-electron chi connectivity index (χ3n) is 6.72. The maximum absolute atomic E-state index is 12.8. The molecule has 3 aromatic rings. The van der Waals surface area contributed by atoms with Crippen molar-refractivity contribution in [2.75, 3.05) is 25.4 Å². The third-order valence-corrected chi connectivity index (χ3v) is 8.69. The van der Waals surface area contributed by atoms with Crippen LogP contribution in [0.1, 0.15) is 36.3 Å². The number of hydrogen-bond acceptors (Lipinski definition) is 5. The molecule has 2 atom stereocenters. The Hall–Kier alpha value is -1.84. The first-order valence-electron chi connectivity index (χ1n) is 10.8. The summed E-state index contributed by atoms with van der Waals surface area (Å²) in [4.78, 5) is 3.64. The van der Waals surface area contributed by atoms with Crippen LogP contribution in [0.3, 0.4) is 0 Å². The van der Waals surface area contributed by atoms with E-state index in [4.69, 9.17) is 0 Å². The Morgan fingerprint density at radius 3 is 2.72 bits per heavy atom. The van der Waals surface area contributed by atoms with Crippen molar-refractivity contribution in [3.63, 3.8) is 0 Å². The summed E-state index contributed by atoms with van der Waals surface area (Å²) in [5.41, 5.74) is 0.762. The maximum atomic E-state index is 12.8.